The van der Waals surface area contributed by atoms with E-state index in [-0.39, 0.29) is 11.9 Å². The van der Waals surface area contributed by atoms with Crippen LogP contribution in [0.1, 0.15) is 62.7 Å². The molecule has 1 saturated carbocycles. The molecule has 1 unspecified atom stereocenters. The predicted octanol–water partition coefficient (Wildman–Crippen LogP) is 3.95. The molecule has 204 valence electrons. The van der Waals surface area contributed by atoms with Gasteiger partial charge in [-0.2, -0.15) is 15.0 Å². The first-order chi connectivity index (χ1) is 18.1. The summed E-state index contributed by atoms with van der Waals surface area (Å²) in [5, 5.41) is 12.8. The van der Waals surface area contributed by atoms with Crippen LogP contribution in [0.4, 0.5) is 17.8 Å². The van der Waals surface area contributed by atoms with E-state index in [1.165, 1.54) is 32.1 Å². The van der Waals surface area contributed by atoms with Gasteiger partial charge < -0.3 is 30.7 Å². The average molecular weight is 514 g/mol. The zero-order valence-corrected chi connectivity index (χ0v) is 22.3. The summed E-state index contributed by atoms with van der Waals surface area (Å²) in [7, 11) is 0. The number of hydrogen-bond donors (Lipinski definition) is 4. The molecule has 3 rings (SSSR count). The molecule has 0 aliphatic heterocycles. The number of hydrogen-bond acceptors (Lipinski definition) is 9. The highest BCUT2D eigenvalue weighted by Crippen LogP contribution is 2.23. The number of anilines is 3. The lowest BCUT2D eigenvalue weighted by molar-refractivity contribution is 0.0519. The van der Waals surface area contributed by atoms with E-state index in [1.807, 2.05) is 18.2 Å². The molecule has 4 N–H and O–H groups in total. The van der Waals surface area contributed by atoms with Gasteiger partial charge in [-0.05, 0) is 44.2 Å². The third kappa shape index (κ3) is 11.3. The van der Waals surface area contributed by atoms with Crippen molar-refractivity contribution >= 4 is 23.8 Å². The van der Waals surface area contributed by atoms with E-state index in [4.69, 9.17) is 9.47 Å². The maximum absolute atomic E-state index is 12.0. The maximum atomic E-state index is 12.0. The molecule has 1 aromatic heterocycles. The standard InChI is InChI=1S/C27H43N7O3/c1-3-21(2)31-27-33-25(32-26(34-27)30-20-22-10-6-4-7-11-22)29-15-17-37-19-18-36-16-14-28-24(35)23-12-8-5-9-13-23/h5,8-9,12-13,21-22H,3-4,6-7,10-11,14-20H2,1-2H3,(H,28,35)(H3,29,30,31,32,33,34). The topological polar surface area (TPSA) is 122 Å². The van der Waals surface area contributed by atoms with Gasteiger partial charge in [-0.3, -0.25) is 4.79 Å². The highest BCUT2D eigenvalue weighted by molar-refractivity contribution is 5.94. The molecular formula is C27H43N7O3. The van der Waals surface area contributed by atoms with E-state index in [9.17, 15) is 4.79 Å². The van der Waals surface area contributed by atoms with Crippen LogP contribution < -0.4 is 21.3 Å². The summed E-state index contributed by atoms with van der Waals surface area (Å²) < 4.78 is 11.2. The normalized spacial score (nSPS) is 14.6. The number of aromatic nitrogens is 3. The van der Waals surface area contributed by atoms with Gasteiger partial charge in [0.25, 0.3) is 5.91 Å². The third-order valence-corrected chi connectivity index (χ3v) is 6.37. The molecule has 1 aromatic carbocycles. The van der Waals surface area contributed by atoms with Crippen molar-refractivity contribution in [1.29, 1.82) is 0 Å². The van der Waals surface area contributed by atoms with Gasteiger partial charge in [0, 0.05) is 31.2 Å². The molecule has 0 saturated heterocycles. The molecule has 37 heavy (non-hydrogen) atoms. The minimum Gasteiger partial charge on any atom is -0.377 e. The Balaban J connectivity index is 1.31. The Labute approximate surface area is 220 Å². The van der Waals surface area contributed by atoms with Gasteiger partial charge in [0.2, 0.25) is 17.8 Å². The Morgan fingerprint density at radius 1 is 0.892 bits per heavy atom. The zero-order valence-electron chi connectivity index (χ0n) is 22.3. The largest absolute Gasteiger partial charge is 0.377 e. The minimum atomic E-state index is -0.0975. The van der Waals surface area contributed by atoms with Crippen LogP contribution >= 0.6 is 0 Å². The van der Waals surface area contributed by atoms with Crippen molar-refractivity contribution < 1.29 is 14.3 Å². The van der Waals surface area contributed by atoms with Crippen LogP contribution in [-0.4, -0.2) is 73.0 Å². The number of ether oxygens (including phenoxy) is 2. The minimum absolute atomic E-state index is 0.0975. The molecule has 0 spiro atoms. The van der Waals surface area contributed by atoms with Crippen LogP contribution in [0, 0.1) is 5.92 Å². The van der Waals surface area contributed by atoms with Crippen LogP contribution in [0.25, 0.3) is 0 Å². The van der Waals surface area contributed by atoms with Gasteiger partial charge in [0.05, 0.1) is 26.4 Å². The van der Waals surface area contributed by atoms with E-state index < -0.39 is 0 Å². The van der Waals surface area contributed by atoms with Crippen molar-refractivity contribution in [2.75, 3.05) is 62.0 Å². The number of amides is 1. The van der Waals surface area contributed by atoms with Crippen molar-refractivity contribution in [3.05, 3.63) is 35.9 Å². The second-order valence-electron chi connectivity index (χ2n) is 9.42. The smallest absolute Gasteiger partial charge is 0.251 e. The SMILES string of the molecule is CCC(C)Nc1nc(NCCOCCOCCNC(=O)c2ccccc2)nc(NCC2CCCCC2)n1. The molecule has 0 radical (unpaired) electrons. The number of carbonyl (C=O) groups excluding carboxylic acids is 1. The van der Waals surface area contributed by atoms with Gasteiger partial charge in [-0.1, -0.05) is 44.4 Å². The molecule has 1 amide bonds. The van der Waals surface area contributed by atoms with E-state index in [1.54, 1.807) is 12.1 Å². The van der Waals surface area contributed by atoms with Gasteiger partial charge in [0.1, 0.15) is 0 Å². The predicted molar refractivity (Wildman–Crippen MR) is 147 cm³/mol. The quantitative estimate of drug-likeness (QED) is 0.233. The second-order valence-corrected chi connectivity index (χ2v) is 9.42. The fourth-order valence-electron chi connectivity index (χ4n) is 4.03. The summed E-state index contributed by atoms with van der Waals surface area (Å²) in [6, 6.07) is 9.41. The Morgan fingerprint density at radius 3 is 2.24 bits per heavy atom. The van der Waals surface area contributed by atoms with Crippen LogP contribution in [0.2, 0.25) is 0 Å². The van der Waals surface area contributed by atoms with Crippen LogP contribution in [-0.2, 0) is 9.47 Å². The van der Waals surface area contributed by atoms with Crippen molar-refractivity contribution in [1.82, 2.24) is 20.3 Å². The summed E-state index contributed by atoms with van der Waals surface area (Å²) in [6.45, 7) is 8.03. The van der Waals surface area contributed by atoms with E-state index >= 15 is 0 Å². The van der Waals surface area contributed by atoms with E-state index in [0.717, 1.165) is 13.0 Å². The Kier molecular flexibility index (Phi) is 12.9. The van der Waals surface area contributed by atoms with Crippen molar-refractivity contribution in [2.24, 2.45) is 5.92 Å². The highest BCUT2D eigenvalue weighted by Gasteiger charge is 2.15. The number of nitrogens with zero attached hydrogens (tertiary/aromatic N) is 3. The lowest BCUT2D eigenvalue weighted by Gasteiger charge is -2.22. The molecular weight excluding hydrogens is 470 g/mol. The van der Waals surface area contributed by atoms with Crippen LogP contribution in [0.5, 0.6) is 0 Å². The lowest BCUT2D eigenvalue weighted by Crippen LogP contribution is -2.27. The van der Waals surface area contributed by atoms with E-state index in [0.29, 0.717) is 68.8 Å². The molecule has 1 fully saturated rings. The summed E-state index contributed by atoms with van der Waals surface area (Å²) in [5.41, 5.74) is 0.645. The maximum Gasteiger partial charge on any atom is 0.251 e. The van der Waals surface area contributed by atoms with Crippen molar-refractivity contribution in [2.45, 2.75) is 58.4 Å². The summed E-state index contributed by atoms with van der Waals surface area (Å²) in [5.74, 6) is 2.29. The first-order valence-electron chi connectivity index (χ1n) is 13.6. The Morgan fingerprint density at radius 2 is 1.54 bits per heavy atom. The molecule has 1 heterocycles. The number of rotatable bonds is 17. The third-order valence-electron chi connectivity index (χ3n) is 6.37. The Hall–Kier alpha value is -2.98. The molecule has 1 aliphatic rings. The van der Waals surface area contributed by atoms with Gasteiger partial charge in [-0.25, -0.2) is 0 Å². The molecule has 10 nitrogen and oxygen atoms in total. The second kappa shape index (κ2) is 16.7. The summed E-state index contributed by atoms with van der Waals surface area (Å²) in [6.07, 6.45) is 7.49. The van der Waals surface area contributed by atoms with Gasteiger partial charge in [-0.15, -0.1) is 0 Å². The van der Waals surface area contributed by atoms with Gasteiger partial charge >= 0.3 is 0 Å². The Bertz CT molecular complexity index is 910. The van der Waals surface area contributed by atoms with Crippen LogP contribution in [0.15, 0.2) is 30.3 Å². The molecule has 10 heteroatoms. The molecule has 1 atom stereocenters. The highest BCUT2D eigenvalue weighted by atomic mass is 16.5. The zero-order chi connectivity index (χ0) is 26.1. The fourth-order valence-corrected chi connectivity index (χ4v) is 4.03. The molecule has 0 bridgehead atoms. The van der Waals surface area contributed by atoms with Crippen molar-refractivity contribution in [3.8, 4) is 0 Å². The van der Waals surface area contributed by atoms with E-state index in [2.05, 4.69) is 50.1 Å². The summed E-state index contributed by atoms with van der Waals surface area (Å²) >= 11 is 0. The average Bonchev–Trinajstić information content (AvgIpc) is 2.93. The monoisotopic (exact) mass is 513 g/mol. The van der Waals surface area contributed by atoms with Gasteiger partial charge in [0.15, 0.2) is 0 Å². The first-order valence-corrected chi connectivity index (χ1v) is 13.6. The number of carbonyl (C=O) groups is 1. The van der Waals surface area contributed by atoms with Crippen LogP contribution in [0.3, 0.4) is 0 Å². The molecule has 1 aliphatic carbocycles. The van der Waals surface area contributed by atoms with Crippen molar-refractivity contribution in [3.63, 3.8) is 0 Å². The summed E-state index contributed by atoms with van der Waals surface area (Å²) in [4.78, 5) is 25.6. The number of nitrogens with one attached hydrogen (secondary N) is 4. The number of benzene rings is 1. The fraction of sp³-hybridized carbons (Fsp3) is 0.630. The first kappa shape index (κ1) is 28.6. The molecule has 2 aromatic rings. The lowest BCUT2D eigenvalue weighted by atomic mass is 9.89.